The lowest BCUT2D eigenvalue weighted by atomic mass is 9.89. The summed E-state index contributed by atoms with van der Waals surface area (Å²) in [4.78, 5) is 18.6. The van der Waals surface area contributed by atoms with Gasteiger partial charge in [0.1, 0.15) is 5.69 Å². The van der Waals surface area contributed by atoms with E-state index in [0.29, 0.717) is 17.8 Å². The van der Waals surface area contributed by atoms with Crippen molar-refractivity contribution in [2.24, 2.45) is 0 Å². The Balaban J connectivity index is 1.36. The van der Waals surface area contributed by atoms with Gasteiger partial charge in [0.15, 0.2) is 0 Å². The van der Waals surface area contributed by atoms with Crippen molar-refractivity contribution < 1.29 is 4.79 Å². The van der Waals surface area contributed by atoms with E-state index in [-0.39, 0.29) is 5.91 Å². The van der Waals surface area contributed by atoms with Crippen molar-refractivity contribution in [3.63, 3.8) is 0 Å². The number of carbonyl (C=O) groups is 1. The molecule has 2 fully saturated rings. The number of piperazine rings is 1. The molecule has 1 aromatic carbocycles. The Labute approximate surface area is 155 Å². The Morgan fingerprint density at radius 2 is 1.81 bits per heavy atom. The van der Waals surface area contributed by atoms with Crippen molar-refractivity contribution in [3.05, 3.63) is 35.0 Å². The van der Waals surface area contributed by atoms with Gasteiger partial charge in [0.25, 0.3) is 5.91 Å². The molecule has 0 atom stereocenters. The lowest BCUT2D eigenvalue weighted by molar-refractivity contribution is 0.0890. The van der Waals surface area contributed by atoms with Crippen LogP contribution in [0.5, 0.6) is 0 Å². The molecule has 1 aliphatic heterocycles. The first kappa shape index (κ1) is 17.6. The number of nitrogens with one attached hydrogen (secondary N) is 3. The number of aromatic nitrogens is 1. The van der Waals surface area contributed by atoms with Crippen LogP contribution >= 0.6 is 0 Å². The maximum absolute atomic E-state index is 12.7. The molecule has 1 aromatic heterocycles. The molecule has 0 bridgehead atoms. The predicted octanol–water partition coefficient (Wildman–Crippen LogP) is 2.73. The number of hydrogen-bond donors (Lipinski definition) is 3. The number of H-pyrrole nitrogens is 1. The predicted molar refractivity (Wildman–Crippen MR) is 106 cm³/mol. The van der Waals surface area contributed by atoms with Crippen molar-refractivity contribution in [3.8, 4) is 0 Å². The van der Waals surface area contributed by atoms with E-state index in [0.717, 1.165) is 49.9 Å². The van der Waals surface area contributed by atoms with Gasteiger partial charge in [0.2, 0.25) is 0 Å². The SMILES string of the molecule is Cc1cc(C)c2[nH]c(C(=O)NC3CCC(N4CCNCC4)CC3)cc2c1. The molecule has 0 radical (unpaired) electrons. The molecule has 0 spiro atoms. The number of rotatable bonds is 3. The van der Waals surface area contributed by atoms with E-state index in [1.165, 1.54) is 24.0 Å². The quantitative estimate of drug-likeness (QED) is 0.794. The highest BCUT2D eigenvalue weighted by molar-refractivity contribution is 5.99. The summed E-state index contributed by atoms with van der Waals surface area (Å²) in [6, 6.07) is 7.27. The maximum atomic E-state index is 12.7. The van der Waals surface area contributed by atoms with Gasteiger partial charge in [-0.15, -0.1) is 0 Å². The molecule has 4 rings (SSSR count). The van der Waals surface area contributed by atoms with Gasteiger partial charge in [-0.1, -0.05) is 11.6 Å². The minimum absolute atomic E-state index is 0.0314. The van der Waals surface area contributed by atoms with E-state index in [2.05, 4.69) is 46.5 Å². The Kier molecular flexibility index (Phi) is 5.00. The van der Waals surface area contributed by atoms with Gasteiger partial charge in [-0.05, 0) is 57.2 Å². The number of hydrogen-bond acceptors (Lipinski definition) is 3. The highest BCUT2D eigenvalue weighted by atomic mass is 16.1. The molecular weight excluding hydrogens is 324 g/mol. The minimum Gasteiger partial charge on any atom is -0.350 e. The van der Waals surface area contributed by atoms with Gasteiger partial charge in [0.05, 0.1) is 0 Å². The summed E-state index contributed by atoms with van der Waals surface area (Å²) in [5, 5.41) is 7.80. The largest absolute Gasteiger partial charge is 0.350 e. The molecule has 3 N–H and O–H groups in total. The lowest BCUT2D eigenvalue weighted by Crippen LogP contribution is -2.50. The van der Waals surface area contributed by atoms with Crippen molar-refractivity contribution in [2.75, 3.05) is 26.2 Å². The van der Waals surface area contributed by atoms with Gasteiger partial charge >= 0.3 is 0 Å². The molecule has 2 aromatic rings. The first-order valence-electron chi connectivity index (χ1n) is 9.96. The highest BCUT2D eigenvalue weighted by Crippen LogP contribution is 2.25. The number of aryl methyl sites for hydroxylation is 2. The van der Waals surface area contributed by atoms with Crippen molar-refractivity contribution in [1.29, 1.82) is 0 Å². The number of amides is 1. The first-order valence-corrected chi connectivity index (χ1v) is 9.96. The van der Waals surface area contributed by atoms with E-state index in [4.69, 9.17) is 0 Å². The first-order chi connectivity index (χ1) is 12.6. The summed E-state index contributed by atoms with van der Waals surface area (Å²) < 4.78 is 0. The molecule has 5 nitrogen and oxygen atoms in total. The van der Waals surface area contributed by atoms with Crippen LogP contribution in [-0.4, -0.2) is 54.1 Å². The fourth-order valence-electron chi connectivity index (χ4n) is 4.63. The molecule has 1 saturated heterocycles. The standard InChI is InChI=1S/C21H30N4O/c1-14-11-15(2)20-16(12-14)13-19(24-20)21(26)23-17-3-5-18(6-4-17)25-9-7-22-8-10-25/h11-13,17-18,22,24H,3-10H2,1-2H3,(H,23,26). The topological polar surface area (TPSA) is 60.2 Å². The van der Waals surface area contributed by atoms with Crippen LogP contribution in [0.2, 0.25) is 0 Å². The van der Waals surface area contributed by atoms with Crippen LogP contribution in [0.4, 0.5) is 0 Å². The molecule has 140 valence electrons. The van der Waals surface area contributed by atoms with Crippen LogP contribution in [-0.2, 0) is 0 Å². The van der Waals surface area contributed by atoms with Gasteiger partial charge < -0.3 is 15.6 Å². The summed E-state index contributed by atoms with van der Waals surface area (Å²) in [6.07, 6.45) is 4.54. The second-order valence-corrected chi connectivity index (χ2v) is 7.99. The van der Waals surface area contributed by atoms with Crippen molar-refractivity contribution >= 4 is 16.8 Å². The van der Waals surface area contributed by atoms with Crippen LogP contribution in [0.3, 0.4) is 0 Å². The average Bonchev–Trinajstić information content (AvgIpc) is 3.08. The fourth-order valence-corrected chi connectivity index (χ4v) is 4.63. The van der Waals surface area contributed by atoms with E-state index >= 15 is 0 Å². The molecule has 1 aliphatic carbocycles. The number of nitrogens with zero attached hydrogens (tertiary/aromatic N) is 1. The van der Waals surface area contributed by atoms with Gasteiger partial charge in [-0.25, -0.2) is 0 Å². The third kappa shape index (κ3) is 3.64. The Hall–Kier alpha value is -1.85. The smallest absolute Gasteiger partial charge is 0.267 e. The third-order valence-corrected chi connectivity index (χ3v) is 6.01. The molecule has 0 unspecified atom stereocenters. The number of benzene rings is 1. The molecule has 5 heteroatoms. The summed E-state index contributed by atoms with van der Waals surface area (Å²) in [6.45, 7) is 8.72. The van der Waals surface area contributed by atoms with Crippen LogP contribution in [0.25, 0.3) is 10.9 Å². The molecule has 26 heavy (non-hydrogen) atoms. The summed E-state index contributed by atoms with van der Waals surface area (Å²) in [7, 11) is 0. The second-order valence-electron chi connectivity index (χ2n) is 7.99. The minimum atomic E-state index is 0.0314. The molecule has 2 aliphatic rings. The van der Waals surface area contributed by atoms with Crippen LogP contribution < -0.4 is 10.6 Å². The molecule has 1 saturated carbocycles. The van der Waals surface area contributed by atoms with Crippen LogP contribution in [0, 0.1) is 13.8 Å². The zero-order valence-corrected chi connectivity index (χ0v) is 15.9. The fraction of sp³-hybridized carbons (Fsp3) is 0.571. The van der Waals surface area contributed by atoms with E-state index in [9.17, 15) is 4.79 Å². The van der Waals surface area contributed by atoms with Crippen LogP contribution in [0.1, 0.15) is 47.3 Å². The van der Waals surface area contributed by atoms with E-state index in [1.807, 2.05) is 6.07 Å². The average molecular weight is 354 g/mol. The summed E-state index contributed by atoms with van der Waals surface area (Å²) in [5.41, 5.74) is 4.17. The molecule has 1 amide bonds. The monoisotopic (exact) mass is 354 g/mol. The zero-order valence-electron chi connectivity index (χ0n) is 15.9. The Morgan fingerprint density at radius 1 is 1.08 bits per heavy atom. The summed E-state index contributed by atoms with van der Waals surface area (Å²) >= 11 is 0. The van der Waals surface area contributed by atoms with E-state index in [1.54, 1.807) is 0 Å². The van der Waals surface area contributed by atoms with Crippen molar-refractivity contribution in [1.82, 2.24) is 20.5 Å². The maximum Gasteiger partial charge on any atom is 0.267 e. The normalized spacial score (nSPS) is 24.7. The zero-order chi connectivity index (χ0) is 18.1. The Morgan fingerprint density at radius 3 is 2.54 bits per heavy atom. The van der Waals surface area contributed by atoms with E-state index < -0.39 is 0 Å². The van der Waals surface area contributed by atoms with Crippen LogP contribution in [0.15, 0.2) is 18.2 Å². The van der Waals surface area contributed by atoms with Gasteiger partial charge in [0, 0.05) is 49.2 Å². The number of carbonyl (C=O) groups excluding carboxylic acids is 1. The number of fused-ring (bicyclic) bond motifs is 1. The number of aromatic amines is 1. The highest BCUT2D eigenvalue weighted by Gasteiger charge is 2.27. The van der Waals surface area contributed by atoms with Crippen molar-refractivity contribution in [2.45, 2.75) is 51.6 Å². The van der Waals surface area contributed by atoms with Gasteiger partial charge in [-0.3, -0.25) is 9.69 Å². The summed E-state index contributed by atoms with van der Waals surface area (Å²) in [5.74, 6) is 0.0314. The molecule has 2 heterocycles. The Bertz CT molecular complexity index is 783. The molecular formula is C21H30N4O. The second kappa shape index (κ2) is 7.41. The third-order valence-electron chi connectivity index (χ3n) is 6.01. The van der Waals surface area contributed by atoms with Gasteiger partial charge in [-0.2, -0.15) is 0 Å². The lowest BCUT2D eigenvalue weighted by Gasteiger charge is -2.39.